The van der Waals surface area contributed by atoms with Crippen LogP contribution in [0.3, 0.4) is 0 Å². The summed E-state index contributed by atoms with van der Waals surface area (Å²) in [6.07, 6.45) is 0. The van der Waals surface area contributed by atoms with Crippen LogP contribution >= 0.6 is 0 Å². The molecule has 0 aliphatic heterocycles. The van der Waals surface area contributed by atoms with Crippen molar-refractivity contribution in [1.82, 2.24) is 0 Å². The molecule has 0 spiro atoms. The quantitative estimate of drug-likeness (QED) is 0.232. The predicted molar refractivity (Wildman–Crippen MR) is 95.4 cm³/mol. The average Bonchev–Trinajstić information content (AvgIpc) is 2.60. The smallest absolute Gasteiger partial charge is 0.294 e. The molecule has 3 aromatic rings. The number of rotatable bonds is 4. The Kier molecular flexibility index (Phi) is 4.36. The second-order valence-electron chi connectivity index (χ2n) is 5.33. The second-order valence-corrected chi connectivity index (χ2v) is 6.75. The van der Waals surface area contributed by atoms with Crippen LogP contribution in [0.4, 0.5) is 22.7 Å². The Labute approximate surface area is 147 Å². The monoisotopic (exact) mass is 372 g/mol. The van der Waals surface area contributed by atoms with Crippen LogP contribution in [-0.2, 0) is 10.1 Å². The highest BCUT2D eigenvalue weighted by Gasteiger charge is 2.13. The molecule has 9 nitrogen and oxygen atoms in total. The lowest BCUT2D eigenvalue weighted by Gasteiger charge is -2.06. The van der Waals surface area contributed by atoms with Crippen LogP contribution in [0.2, 0.25) is 0 Å². The largest absolute Gasteiger partial charge is 0.398 e. The number of nitrogen functional groups attached to an aromatic ring is 1. The van der Waals surface area contributed by atoms with E-state index in [0.29, 0.717) is 27.8 Å². The van der Waals surface area contributed by atoms with Gasteiger partial charge in [0.2, 0.25) is 0 Å². The molecule has 0 bridgehead atoms. The molecule has 3 rings (SSSR count). The minimum absolute atomic E-state index is 0.110. The fourth-order valence-electron chi connectivity index (χ4n) is 2.36. The molecule has 0 aliphatic carbocycles. The molecule has 0 saturated carbocycles. The fraction of sp³-hybridized carbons (Fsp3) is 0. The summed E-state index contributed by atoms with van der Waals surface area (Å²) < 4.78 is 31.7. The number of nitro benzene ring substituents is 1. The third kappa shape index (κ3) is 3.50. The van der Waals surface area contributed by atoms with Crippen molar-refractivity contribution in [3.8, 4) is 0 Å². The number of nitrogens with zero attached hydrogens (tertiary/aromatic N) is 3. The highest BCUT2D eigenvalue weighted by Crippen LogP contribution is 2.33. The maximum atomic E-state index is 11.3. The van der Waals surface area contributed by atoms with Gasteiger partial charge in [-0.25, -0.2) is 0 Å². The number of hydrogen-bond acceptors (Lipinski definition) is 7. The Morgan fingerprint density at radius 3 is 2.46 bits per heavy atom. The Morgan fingerprint density at radius 1 is 1.00 bits per heavy atom. The highest BCUT2D eigenvalue weighted by molar-refractivity contribution is 7.85. The maximum Gasteiger partial charge on any atom is 0.294 e. The van der Waals surface area contributed by atoms with Crippen molar-refractivity contribution in [2.24, 2.45) is 10.2 Å². The molecular weight excluding hydrogens is 360 g/mol. The fourth-order valence-corrected chi connectivity index (χ4v) is 2.87. The van der Waals surface area contributed by atoms with Gasteiger partial charge in [-0.15, -0.1) is 5.11 Å². The second kappa shape index (κ2) is 6.50. The zero-order valence-electron chi connectivity index (χ0n) is 13.1. The lowest BCUT2D eigenvalue weighted by molar-refractivity contribution is -0.384. The van der Waals surface area contributed by atoms with Crippen LogP contribution < -0.4 is 5.73 Å². The molecule has 3 N–H and O–H groups in total. The molecule has 0 heterocycles. The summed E-state index contributed by atoms with van der Waals surface area (Å²) in [4.78, 5) is 9.98. The van der Waals surface area contributed by atoms with Crippen LogP contribution in [0.25, 0.3) is 10.8 Å². The van der Waals surface area contributed by atoms with Gasteiger partial charge >= 0.3 is 0 Å². The molecule has 0 unspecified atom stereocenters. The lowest BCUT2D eigenvalue weighted by Crippen LogP contribution is -1.98. The van der Waals surface area contributed by atoms with Crippen molar-refractivity contribution in [2.45, 2.75) is 4.90 Å². The third-order valence-corrected chi connectivity index (χ3v) is 4.46. The van der Waals surface area contributed by atoms with E-state index >= 15 is 0 Å². The summed E-state index contributed by atoms with van der Waals surface area (Å²) in [5, 5.41) is 19.8. The van der Waals surface area contributed by atoms with E-state index < -0.39 is 15.0 Å². The van der Waals surface area contributed by atoms with Gasteiger partial charge in [0.05, 0.1) is 21.2 Å². The Hall–Kier alpha value is -3.37. The van der Waals surface area contributed by atoms with Gasteiger partial charge in [-0.05, 0) is 30.3 Å². The number of nitro groups is 1. The summed E-state index contributed by atoms with van der Waals surface area (Å²) in [7, 11) is -4.37. The first kappa shape index (κ1) is 17.5. The molecule has 26 heavy (non-hydrogen) atoms. The first-order chi connectivity index (χ1) is 12.3. The number of fused-ring (bicyclic) bond motifs is 1. The highest BCUT2D eigenvalue weighted by atomic mass is 32.2. The van der Waals surface area contributed by atoms with Crippen molar-refractivity contribution in [3.05, 3.63) is 64.7 Å². The standard InChI is InChI=1S/C16H12N4O5S/c17-15-6-7-16(13-5-4-12(9-14(13)15)26(23,24)25)19-18-10-2-1-3-11(8-10)20(21)22/h1-9H,17H2,(H,23,24,25). The van der Waals surface area contributed by atoms with E-state index in [-0.39, 0.29) is 10.6 Å². The van der Waals surface area contributed by atoms with E-state index in [1.165, 1.54) is 42.5 Å². The van der Waals surface area contributed by atoms with Gasteiger partial charge in [0, 0.05) is 28.6 Å². The van der Waals surface area contributed by atoms with E-state index in [9.17, 15) is 18.5 Å². The van der Waals surface area contributed by atoms with Gasteiger partial charge in [0.15, 0.2) is 0 Å². The summed E-state index contributed by atoms with van der Waals surface area (Å²) in [5.41, 5.74) is 6.75. The number of anilines is 1. The molecule has 132 valence electrons. The van der Waals surface area contributed by atoms with Gasteiger partial charge in [0.1, 0.15) is 0 Å². The molecule has 0 radical (unpaired) electrons. The van der Waals surface area contributed by atoms with Crippen molar-refractivity contribution in [3.63, 3.8) is 0 Å². The molecular formula is C16H12N4O5S. The first-order valence-corrected chi connectivity index (χ1v) is 8.65. The molecule has 0 fully saturated rings. The lowest BCUT2D eigenvalue weighted by atomic mass is 10.1. The van der Waals surface area contributed by atoms with Gasteiger partial charge in [-0.1, -0.05) is 12.1 Å². The Morgan fingerprint density at radius 2 is 1.77 bits per heavy atom. The minimum atomic E-state index is -4.37. The number of nitrogens with two attached hydrogens (primary N) is 1. The molecule has 0 atom stereocenters. The molecule has 10 heteroatoms. The average molecular weight is 372 g/mol. The molecule has 0 aliphatic rings. The van der Waals surface area contributed by atoms with Crippen LogP contribution in [-0.4, -0.2) is 17.9 Å². The van der Waals surface area contributed by atoms with Crippen molar-refractivity contribution < 1.29 is 17.9 Å². The summed E-state index contributed by atoms with van der Waals surface area (Å²) >= 11 is 0. The summed E-state index contributed by atoms with van der Waals surface area (Å²) in [6.45, 7) is 0. The van der Waals surface area contributed by atoms with E-state index in [1.54, 1.807) is 12.1 Å². The SMILES string of the molecule is Nc1ccc(N=Nc2cccc([N+](=O)[O-])c2)c2ccc(S(=O)(=O)O)cc12. The van der Waals surface area contributed by atoms with Gasteiger partial charge in [-0.3, -0.25) is 14.7 Å². The molecule has 0 amide bonds. The maximum absolute atomic E-state index is 11.3. The van der Waals surface area contributed by atoms with Crippen LogP contribution in [0.5, 0.6) is 0 Å². The zero-order valence-corrected chi connectivity index (χ0v) is 13.9. The van der Waals surface area contributed by atoms with Gasteiger partial charge in [-0.2, -0.15) is 13.5 Å². The Balaban J connectivity index is 2.07. The number of hydrogen-bond donors (Lipinski definition) is 2. The van der Waals surface area contributed by atoms with Gasteiger partial charge < -0.3 is 5.73 Å². The molecule has 0 saturated heterocycles. The first-order valence-electron chi connectivity index (χ1n) is 7.21. The van der Waals surface area contributed by atoms with Crippen LogP contribution in [0.1, 0.15) is 0 Å². The molecule has 3 aromatic carbocycles. The summed E-state index contributed by atoms with van der Waals surface area (Å²) in [6, 6.07) is 12.7. The topological polar surface area (TPSA) is 148 Å². The number of benzene rings is 3. The minimum Gasteiger partial charge on any atom is -0.398 e. The van der Waals surface area contributed by atoms with E-state index in [2.05, 4.69) is 10.2 Å². The van der Waals surface area contributed by atoms with Gasteiger partial charge in [0.25, 0.3) is 15.8 Å². The van der Waals surface area contributed by atoms with E-state index in [1.807, 2.05) is 0 Å². The zero-order chi connectivity index (χ0) is 18.9. The summed E-state index contributed by atoms with van der Waals surface area (Å²) in [5.74, 6) is 0. The van der Waals surface area contributed by atoms with Crippen molar-refractivity contribution >= 4 is 43.6 Å². The van der Waals surface area contributed by atoms with Crippen LogP contribution in [0.15, 0.2) is 69.7 Å². The van der Waals surface area contributed by atoms with Crippen LogP contribution in [0, 0.1) is 10.1 Å². The third-order valence-electron chi connectivity index (χ3n) is 3.61. The molecule has 0 aromatic heterocycles. The normalized spacial score (nSPS) is 11.9. The number of azo groups is 1. The van der Waals surface area contributed by atoms with E-state index in [4.69, 9.17) is 10.3 Å². The van der Waals surface area contributed by atoms with Crippen molar-refractivity contribution in [2.75, 3.05) is 5.73 Å². The number of non-ortho nitro benzene ring substituents is 1. The van der Waals surface area contributed by atoms with Crippen molar-refractivity contribution in [1.29, 1.82) is 0 Å². The van der Waals surface area contributed by atoms with E-state index in [0.717, 1.165) is 0 Å². The predicted octanol–water partition coefficient (Wildman–Crippen LogP) is 3.99. The Bertz CT molecular complexity index is 1160.